The highest BCUT2D eigenvalue weighted by Gasteiger charge is 2.05. The maximum absolute atomic E-state index is 13.2. The minimum absolute atomic E-state index is 0.0973. The van der Waals surface area contributed by atoms with Crippen LogP contribution in [0.15, 0.2) is 18.2 Å². The molecule has 0 saturated heterocycles. The highest BCUT2D eigenvalue weighted by Crippen LogP contribution is 2.09. The van der Waals surface area contributed by atoms with Crippen molar-refractivity contribution in [3.05, 3.63) is 35.4 Å². The van der Waals surface area contributed by atoms with E-state index in [2.05, 4.69) is 5.32 Å². The number of halogens is 2. The lowest BCUT2D eigenvalue weighted by Gasteiger charge is -2.12. The fraction of sp³-hybridized carbons (Fsp3) is 0.455. The summed E-state index contributed by atoms with van der Waals surface area (Å²) in [4.78, 5) is 0. The lowest BCUT2D eigenvalue weighted by Crippen LogP contribution is -2.26. The van der Waals surface area contributed by atoms with E-state index in [1.54, 1.807) is 0 Å². The molecule has 4 heteroatoms. The monoisotopic (exact) mass is 215 g/mol. The summed E-state index contributed by atoms with van der Waals surface area (Å²) in [6.07, 6.45) is 0.614. The Morgan fingerprint density at radius 3 is 2.73 bits per heavy atom. The van der Waals surface area contributed by atoms with E-state index in [4.69, 9.17) is 5.11 Å². The van der Waals surface area contributed by atoms with E-state index in [1.807, 2.05) is 6.92 Å². The molecular formula is C11H15F2NO. The van der Waals surface area contributed by atoms with Crippen molar-refractivity contribution in [3.8, 4) is 0 Å². The normalized spacial score (nSPS) is 12.8. The molecule has 1 aromatic carbocycles. The van der Waals surface area contributed by atoms with E-state index in [0.29, 0.717) is 18.5 Å². The molecule has 1 aromatic rings. The number of aliphatic hydroxyl groups excluding tert-OH is 1. The van der Waals surface area contributed by atoms with Gasteiger partial charge in [0.15, 0.2) is 0 Å². The Labute approximate surface area is 87.9 Å². The summed E-state index contributed by atoms with van der Waals surface area (Å²) in [7, 11) is 0. The molecule has 0 heterocycles. The lowest BCUT2D eigenvalue weighted by atomic mass is 10.2. The van der Waals surface area contributed by atoms with Crippen molar-refractivity contribution in [2.75, 3.05) is 6.61 Å². The molecule has 0 bridgehead atoms. The van der Waals surface area contributed by atoms with Gasteiger partial charge < -0.3 is 10.4 Å². The molecule has 0 radical (unpaired) electrons. The van der Waals surface area contributed by atoms with Gasteiger partial charge in [-0.15, -0.1) is 0 Å². The highest BCUT2D eigenvalue weighted by atomic mass is 19.1. The first kappa shape index (κ1) is 12.1. The topological polar surface area (TPSA) is 32.3 Å². The van der Waals surface area contributed by atoms with Crippen LogP contribution in [0.4, 0.5) is 8.78 Å². The van der Waals surface area contributed by atoms with Crippen LogP contribution >= 0.6 is 0 Å². The second-order valence-electron chi connectivity index (χ2n) is 3.53. The van der Waals surface area contributed by atoms with Crippen LogP contribution in [0, 0.1) is 11.6 Å². The van der Waals surface area contributed by atoms with Crippen molar-refractivity contribution in [2.24, 2.45) is 0 Å². The van der Waals surface area contributed by atoms with Gasteiger partial charge in [-0.05, 0) is 19.4 Å². The summed E-state index contributed by atoms with van der Waals surface area (Å²) in [5.74, 6) is -1.11. The standard InChI is InChI=1S/C11H15F2NO/c1-8(4-5-15)14-7-9-2-3-10(12)6-11(9)13/h2-3,6,8,14-15H,4-5,7H2,1H3/t8-/m1/s1. The van der Waals surface area contributed by atoms with Crippen molar-refractivity contribution in [1.82, 2.24) is 5.32 Å². The molecule has 0 aliphatic rings. The molecule has 0 amide bonds. The van der Waals surface area contributed by atoms with Crippen LogP contribution in [0.25, 0.3) is 0 Å². The summed E-state index contributed by atoms with van der Waals surface area (Å²) in [5.41, 5.74) is 0.432. The maximum Gasteiger partial charge on any atom is 0.130 e. The Morgan fingerprint density at radius 1 is 1.40 bits per heavy atom. The van der Waals surface area contributed by atoms with Crippen LogP contribution in [-0.2, 0) is 6.54 Å². The van der Waals surface area contributed by atoms with Crippen molar-refractivity contribution in [1.29, 1.82) is 0 Å². The largest absolute Gasteiger partial charge is 0.396 e. The van der Waals surface area contributed by atoms with Crippen LogP contribution in [0.2, 0.25) is 0 Å². The van der Waals surface area contributed by atoms with Crippen molar-refractivity contribution in [2.45, 2.75) is 25.9 Å². The van der Waals surface area contributed by atoms with Gasteiger partial charge >= 0.3 is 0 Å². The van der Waals surface area contributed by atoms with Crippen LogP contribution in [0.5, 0.6) is 0 Å². The average Bonchev–Trinajstić information content (AvgIpc) is 2.17. The van der Waals surface area contributed by atoms with E-state index in [0.717, 1.165) is 6.07 Å². The third-order valence-corrected chi connectivity index (χ3v) is 2.22. The smallest absolute Gasteiger partial charge is 0.130 e. The predicted molar refractivity (Wildman–Crippen MR) is 54.4 cm³/mol. The summed E-state index contributed by atoms with van der Waals surface area (Å²) in [5, 5.41) is 11.7. The highest BCUT2D eigenvalue weighted by molar-refractivity contribution is 5.18. The van der Waals surface area contributed by atoms with Crippen LogP contribution < -0.4 is 5.32 Å². The number of benzene rings is 1. The zero-order chi connectivity index (χ0) is 11.3. The second-order valence-corrected chi connectivity index (χ2v) is 3.53. The number of rotatable bonds is 5. The number of hydrogen-bond donors (Lipinski definition) is 2. The zero-order valence-electron chi connectivity index (χ0n) is 8.63. The van der Waals surface area contributed by atoms with Crippen molar-refractivity contribution < 1.29 is 13.9 Å². The zero-order valence-corrected chi connectivity index (χ0v) is 8.63. The minimum Gasteiger partial charge on any atom is -0.396 e. The van der Waals surface area contributed by atoms with Crippen LogP contribution in [0.1, 0.15) is 18.9 Å². The first-order valence-corrected chi connectivity index (χ1v) is 4.91. The maximum atomic E-state index is 13.2. The van der Waals surface area contributed by atoms with Crippen molar-refractivity contribution >= 4 is 0 Å². The molecule has 2 N–H and O–H groups in total. The number of hydrogen-bond acceptors (Lipinski definition) is 2. The van der Waals surface area contributed by atoms with Gasteiger partial charge in [-0.3, -0.25) is 0 Å². The van der Waals surface area contributed by atoms with Gasteiger partial charge in [0.1, 0.15) is 11.6 Å². The number of nitrogens with one attached hydrogen (secondary N) is 1. The fourth-order valence-corrected chi connectivity index (χ4v) is 1.24. The Morgan fingerprint density at radius 2 is 2.13 bits per heavy atom. The minimum atomic E-state index is -0.570. The first-order chi connectivity index (χ1) is 7.13. The Hall–Kier alpha value is -1.00. The Kier molecular flexibility index (Phi) is 4.65. The molecular weight excluding hydrogens is 200 g/mol. The molecule has 0 aliphatic heterocycles. The van der Waals surface area contributed by atoms with E-state index in [9.17, 15) is 8.78 Å². The molecule has 0 saturated carbocycles. The summed E-state index contributed by atoms with van der Waals surface area (Å²) in [6.45, 7) is 2.34. The lowest BCUT2D eigenvalue weighted by molar-refractivity contribution is 0.268. The van der Waals surface area contributed by atoms with Crippen LogP contribution in [0.3, 0.4) is 0 Å². The third kappa shape index (κ3) is 3.93. The number of aliphatic hydroxyl groups is 1. The summed E-state index contributed by atoms with van der Waals surface area (Å²) >= 11 is 0. The van der Waals surface area contributed by atoms with Gasteiger partial charge in [0.05, 0.1) is 0 Å². The molecule has 1 rings (SSSR count). The SMILES string of the molecule is C[C@H](CCO)NCc1ccc(F)cc1F. The fourth-order valence-electron chi connectivity index (χ4n) is 1.24. The van der Waals surface area contributed by atoms with Crippen LogP contribution in [-0.4, -0.2) is 17.8 Å². The molecule has 2 nitrogen and oxygen atoms in total. The van der Waals surface area contributed by atoms with Gasteiger partial charge in [0.2, 0.25) is 0 Å². The molecule has 0 spiro atoms. The van der Waals surface area contributed by atoms with E-state index in [1.165, 1.54) is 12.1 Å². The van der Waals surface area contributed by atoms with Gasteiger partial charge in [0, 0.05) is 30.8 Å². The molecule has 15 heavy (non-hydrogen) atoms. The Bertz CT molecular complexity index is 317. The average molecular weight is 215 g/mol. The predicted octanol–water partition coefficient (Wildman–Crippen LogP) is 1.83. The van der Waals surface area contributed by atoms with E-state index in [-0.39, 0.29) is 12.6 Å². The quantitative estimate of drug-likeness (QED) is 0.785. The van der Waals surface area contributed by atoms with Crippen molar-refractivity contribution in [3.63, 3.8) is 0 Å². The first-order valence-electron chi connectivity index (χ1n) is 4.91. The van der Waals surface area contributed by atoms with Gasteiger partial charge in [0.25, 0.3) is 0 Å². The van der Waals surface area contributed by atoms with Gasteiger partial charge in [-0.25, -0.2) is 8.78 Å². The summed E-state index contributed by atoms with van der Waals surface area (Å²) in [6, 6.07) is 3.63. The molecule has 0 unspecified atom stereocenters. The summed E-state index contributed by atoms with van der Waals surface area (Å²) < 4.78 is 25.7. The third-order valence-electron chi connectivity index (χ3n) is 2.22. The molecule has 0 aliphatic carbocycles. The molecule has 84 valence electrons. The molecule has 0 fully saturated rings. The van der Waals surface area contributed by atoms with E-state index < -0.39 is 11.6 Å². The molecule has 0 aromatic heterocycles. The second kappa shape index (κ2) is 5.78. The van der Waals surface area contributed by atoms with Gasteiger partial charge in [-0.2, -0.15) is 0 Å². The molecule has 1 atom stereocenters. The van der Waals surface area contributed by atoms with E-state index >= 15 is 0 Å². The Balaban J connectivity index is 2.50. The van der Waals surface area contributed by atoms with Gasteiger partial charge in [-0.1, -0.05) is 6.07 Å².